The van der Waals surface area contributed by atoms with E-state index in [4.69, 9.17) is 14.3 Å². The first kappa shape index (κ1) is 15.9. The number of aryl methyl sites for hydroxylation is 1. The number of oxime groups is 1. The highest BCUT2D eigenvalue weighted by Crippen LogP contribution is 2.38. The summed E-state index contributed by atoms with van der Waals surface area (Å²) in [6.07, 6.45) is 3.79. The van der Waals surface area contributed by atoms with Crippen molar-refractivity contribution in [2.75, 3.05) is 21.3 Å². The molecule has 5 nitrogen and oxygen atoms in total. The normalized spacial score (nSPS) is 11.2. The van der Waals surface area contributed by atoms with Crippen LogP contribution in [0.25, 0.3) is 22.0 Å². The lowest BCUT2D eigenvalue weighted by molar-refractivity contribution is 0.215. The molecule has 0 radical (unpaired) electrons. The maximum Gasteiger partial charge on any atom is 0.161 e. The van der Waals surface area contributed by atoms with E-state index in [2.05, 4.69) is 28.1 Å². The van der Waals surface area contributed by atoms with Crippen LogP contribution in [-0.4, -0.2) is 32.1 Å². The smallest absolute Gasteiger partial charge is 0.161 e. The van der Waals surface area contributed by atoms with Crippen molar-refractivity contribution in [2.45, 2.75) is 0 Å². The van der Waals surface area contributed by atoms with Gasteiger partial charge in [-0.25, -0.2) is 0 Å². The molecule has 0 aliphatic rings. The van der Waals surface area contributed by atoms with Gasteiger partial charge in [0.25, 0.3) is 0 Å². The van der Waals surface area contributed by atoms with Crippen LogP contribution in [-0.2, 0) is 11.9 Å². The van der Waals surface area contributed by atoms with Crippen LogP contribution in [0.5, 0.6) is 11.5 Å². The lowest BCUT2D eigenvalue weighted by atomic mass is 9.99. The molecule has 0 fully saturated rings. The Kier molecular flexibility index (Phi) is 4.42. The summed E-state index contributed by atoms with van der Waals surface area (Å²) in [5.74, 6) is 1.33. The Hall–Kier alpha value is -2.95. The second kappa shape index (κ2) is 6.66. The van der Waals surface area contributed by atoms with Gasteiger partial charge in [-0.1, -0.05) is 23.4 Å². The van der Waals surface area contributed by atoms with Crippen LogP contribution < -0.4 is 9.47 Å². The monoisotopic (exact) mass is 324 g/mol. The van der Waals surface area contributed by atoms with E-state index in [9.17, 15) is 0 Å². The van der Waals surface area contributed by atoms with Crippen molar-refractivity contribution >= 4 is 17.1 Å². The quantitative estimate of drug-likeness (QED) is 0.529. The maximum absolute atomic E-state index is 5.47. The summed E-state index contributed by atoms with van der Waals surface area (Å²) in [5.41, 5.74) is 4.17. The second-order valence-electron chi connectivity index (χ2n) is 5.38. The van der Waals surface area contributed by atoms with Gasteiger partial charge >= 0.3 is 0 Å². The predicted octanol–water partition coefficient (Wildman–Crippen LogP) is 3.84. The SMILES string of the molecule is CO/N=C/c1cc(OC)c(OC)cc1-c1cn(C)c2ccccc12. The first-order chi connectivity index (χ1) is 11.7. The maximum atomic E-state index is 5.47. The zero-order valence-corrected chi connectivity index (χ0v) is 14.2. The van der Waals surface area contributed by atoms with Crippen molar-refractivity contribution in [1.82, 2.24) is 4.57 Å². The Bertz CT molecular complexity index is 897. The minimum absolute atomic E-state index is 0.652. The van der Waals surface area contributed by atoms with Crippen LogP contribution in [0.3, 0.4) is 0 Å². The van der Waals surface area contributed by atoms with Gasteiger partial charge in [0.1, 0.15) is 7.11 Å². The van der Waals surface area contributed by atoms with E-state index in [-0.39, 0.29) is 0 Å². The third kappa shape index (κ3) is 2.69. The molecule has 0 unspecified atom stereocenters. The second-order valence-corrected chi connectivity index (χ2v) is 5.38. The molecule has 0 bridgehead atoms. The molecule has 2 aromatic carbocycles. The number of benzene rings is 2. The van der Waals surface area contributed by atoms with Crippen LogP contribution in [0, 0.1) is 0 Å². The van der Waals surface area contributed by atoms with Crippen molar-refractivity contribution in [3.05, 3.63) is 48.2 Å². The molecule has 1 heterocycles. The Morgan fingerprint density at radius 2 is 1.67 bits per heavy atom. The Labute approximate surface area is 141 Å². The van der Waals surface area contributed by atoms with Gasteiger partial charge < -0.3 is 18.9 Å². The minimum atomic E-state index is 0.652. The van der Waals surface area contributed by atoms with Crippen molar-refractivity contribution in [3.63, 3.8) is 0 Å². The van der Waals surface area contributed by atoms with E-state index in [1.807, 2.05) is 31.3 Å². The highest BCUT2D eigenvalue weighted by molar-refractivity contribution is 6.02. The number of hydrogen-bond donors (Lipinski definition) is 0. The Morgan fingerprint density at radius 1 is 0.958 bits per heavy atom. The summed E-state index contributed by atoms with van der Waals surface area (Å²) in [6.45, 7) is 0. The molecule has 0 spiro atoms. The van der Waals surface area contributed by atoms with Crippen molar-refractivity contribution in [2.24, 2.45) is 12.2 Å². The molecule has 0 amide bonds. The van der Waals surface area contributed by atoms with Gasteiger partial charge in [0.05, 0.1) is 20.4 Å². The summed E-state index contributed by atoms with van der Waals surface area (Å²) in [7, 11) is 6.81. The predicted molar refractivity (Wildman–Crippen MR) is 96.1 cm³/mol. The van der Waals surface area contributed by atoms with E-state index in [0.717, 1.165) is 22.2 Å². The average molecular weight is 324 g/mol. The van der Waals surface area contributed by atoms with Crippen LogP contribution in [0.4, 0.5) is 0 Å². The van der Waals surface area contributed by atoms with E-state index in [0.29, 0.717) is 11.5 Å². The molecule has 3 aromatic rings. The molecule has 0 atom stereocenters. The highest BCUT2D eigenvalue weighted by Gasteiger charge is 2.15. The number of methoxy groups -OCH3 is 2. The molecular weight excluding hydrogens is 304 g/mol. The first-order valence-corrected chi connectivity index (χ1v) is 7.56. The number of para-hydroxylation sites is 1. The number of ether oxygens (including phenoxy) is 2. The zero-order valence-electron chi connectivity index (χ0n) is 14.2. The molecule has 5 heteroatoms. The van der Waals surface area contributed by atoms with Crippen LogP contribution in [0.15, 0.2) is 47.8 Å². The molecule has 0 aliphatic carbocycles. The molecule has 24 heavy (non-hydrogen) atoms. The van der Waals surface area contributed by atoms with Gasteiger partial charge in [-0.3, -0.25) is 0 Å². The zero-order chi connectivity index (χ0) is 17.1. The molecule has 3 rings (SSSR count). The fourth-order valence-corrected chi connectivity index (χ4v) is 2.90. The van der Waals surface area contributed by atoms with Crippen molar-refractivity contribution in [3.8, 4) is 22.6 Å². The topological polar surface area (TPSA) is 45.0 Å². The van der Waals surface area contributed by atoms with Gasteiger partial charge in [-0.15, -0.1) is 0 Å². The summed E-state index contributed by atoms with van der Waals surface area (Å²) in [6, 6.07) is 12.2. The average Bonchev–Trinajstić information content (AvgIpc) is 2.96. The summed E-state index contributed by atoms with van der Waals surface area (Å²) < 4.78 is 13.0. The van der Waals surface area contributed by atoms with Crippen molar-refractivity contribution < 1.29 is 14.3 Å². The number of aromatic nitrogens is 1. The summed E-state index contributed by atoms with van der Waals surface area (Å²) in [4.78, 5) is 4.85. The number of fused-ring (bicyclic) bond motifs is 1. The van der Waals surface area contributed by atoms with E-state index < -0.39 is 0 Å². The molecule has 0 aliphatic heterocycles. The fraction of sp³-hybridized carbons (Fsp3) is 0.211. The first-order valence-electron chi connectivity index (χ1n) is 7.56. The summed E-state index contributed by atoms with van der Waals surface area (Å²) >= 11 is 0. The third-order valence-corrected chi connectivity index (χ3v) is 4.04. The van der Waals surface area contributed by atoms with E-state index >= 15 is 0 Å². The standard InChI is InChI=1S/C19H20N2O3/c1-21-12-16(14-7-5-6-8-17(14)21)15-10-19(23-3)18(22-2)9-13(15)11-20-24-4/h5-12H,1-4H3/b20-11+. The molecule has 0 saturated carbocycles. The Morgan fingerprint density at radius 3 is 2.38 bits per heavy atom. The van der Waals surface area contributed by atoms with E-state index in [1.54, 1.807) is 20.4 Å². The summed E-state index contributed by atoms with van der Waals surface area (Å²) in [5, 5.41) is 5.08. The van der Waals surface area contributed by atoms with E-state index in [1.165, 1.54) is 12.5 Å². The number of rotatable bonds is 5. The van der Waals surface area contributed by atoms with Crippen LogP contribution in [0.1, 0.15) is 5.56 Å². The fourth-order valence-electron chi connectivity index (χ4n) is 2.90. The Balaban J connectivity index is 2.30. The number of hydrogen-bond acceptors (Lipinski definition) is 4. The van der Waals surface area contributed by atoms with Crippen LogP contribution in [0.2, 0.25) is 0 Å². The van der Waals surface area contributed by atoms with Crippen molar-refractivity contribution in [1.29, 1.82) is 0 Å². The highest BCUT2D eigenvalue weighted by atomic mass is 16.6. The lowest BCUT2D eigenvalue weighted by Gasteiger charge is -2.12. The van der Waals surface area contributed by atoms with Crippen LogP contribution >= 0.6 is 0 Å². The largest absolute Gasteiger partial charge is 0.493 e. The molecule has 0 N–H and O–H groups in total. The lowest BCUT2D eigenvalue weighted by Crippen LogP contribution is -1.96. The van der Waals surface area contributed by atoms with Gasteiger partial charge in [0, 0.05) is 35.3 Å². The molecular formula is C19H20N2O3. The molecule has 124 valence electrons. The molecule has 0 saturated heterocycles. The third-order valence-electron chi connectivity index (χ3n) is 4.04. The van der Waals surface area contributed by atoms with Gasteiger partial charge in [-0.05, 0) is 23.8 Å². The van der Waals surface area contributed by atoms with Gasteiger partial charge in [0.2, 0.25) is 0 Å². The molecule has 1 aromatic heterocycles. The van der Waals surface area contributed by atoms with Gasteiger partial charge in [0.15, 0.2) is 11.5 Å². The minimum Gasteiger partial charge on any atom is -0.493 e. The number of nitrogens with zero attached hydrogens (tertiary/aromatic N) is 2. The van der Waals surface area contributed by atoms with Gasteiger partial charge in [-0.2, -0.15) is 0 Å².